The van der Waals surface area contributed by atoms with Crippen molar-refractivity contribution in [2.75, 3.05) is 12.4 Å². The molecule has 1 fully saturated rings. The summed E-state index contributed by atoms with van der Waals surface area (Å²) in [4.78, 5) is 17.8. The first kappa shape index (κ1) is 22.2. The molecule has 0 spiro atoms. The van der Waals surface area contributed by atoms with E-state index in [0.29, 0.717) is 34.0 Å². The van der Waals surface area contributed by atoms with Gasteiger partial charge in [0.15, 0.2) is 0 Å². The standard InChI is InChI=1S/C25H24N4O4S/c1-16-23-21(14-22(18-8-9-18)27-25(23)33-28-16)24(30)26-19-10-12-20(13-11-19)34(31,32)29(2)15-17-6-4-3-5-7-17/h3-7,10-14,18H,8-9,15H2,1-2H3,(H,26,30). The van der Waals surface area contributed by atoms with Gasteiger partial charge >= 0.3 is 0 Å². The average molecular weight is 477 g/mol. The van der Waals surface area contributed by atoms with E-state index in [-0.39, 0.29) is 17.3 Å². The molecule has 2 heterocycles. The van der Waals surface area contributed by atoms with Crippen molar-refractivity contribution in [2.45, 2.75) is 37.1 Å². The van der Waals surface area contributed by atoms with Crippen molar-refractivity contribution >= 4 is 32.7 Å². The first-order valence-corrected chi connectivity index (χ1v) is 12.5. The van der Waals surface area contributed by atoms with Crippen molar-refractivity contribution in [3.8, 4) is 0 Å². The number of aromatic nitrogens is 2. The number of amides is 1. The lowest BCUT2D eigenvalue weighted by Gasteiger charge is -2.17. The summed E-state index contributed by atoms with van der Waals surface area (Å²) in [5.41, 5.74) is 3.62. The van der Waals surface area contributed by atoms with E-state index in [1.54, 1.807) is 32.2 Å². The van der Waals surface area contributed by atoms with Gasteiger partial charge in [0.25, 0.3) is 11.6 Å². The second-order valence-electron chi connectivity index (χ2n) is 8.54. The van der Waals surface area contributed by atoms with Gasteiger partial charge in [-0.2, -0.15) is 4.31 Å². The van der Waals surface area contributed by atoms with Gasteiger partial charge < -0.3 is 9.84 Å². The van der Waals surface area contributed by atoms with Gasteiger partial charge in [0.05, 0.1) is 21.5 Å². The topological polar surface area (TPSA) is 105 Å². The molecule has 0 unspecified atom stereocenters. The van der Waals surface area contributed by atoms with E-state index in [1.165, 1.54) is 16.4 Å². The van der Waals surface area contributed by atoms with Crippen LogP contribution in [0.1, 0.15) is 46.1 Å². The van der Waals surface area contributed by atoms with Crippen molar-refractivity contribution in [2.24, 2.45) is 0 Å². The lowest BCUT2D eigenvalue weighted by molar-refractivity contribution is 0.102. The summed E-state index contributed by atoms with van der Waals surface area (Å²) < 4.78 is 32.6. The number of carbonyl (C=O) groups is 1. The minimum atomic E-state index is -3.68. The Balaban J connectivity index is 1.35. The van der Waals surface area contributed by atoms with E-state index in [0.717, 1.165) is 24.1 Å². The van der Waals surface area contributed by atoms with Crippen LogP contribution in [0.4, 0.5) is 5.69 Å². The molecule has 0 saturated heterocycles. The molecule has 9 heteroatoms. The number of sulfonamides is 1. The number of benzene rings is 2. The van der Waals surface area contributed by atoms with E-state index < -0.39 is 10.0 Å². The monoisotopic (exact) mass is 476 g/mol. The molecule has 1 saturated carbocycles. The van der Waals surface area contributed by atoms with Crippen LogP contribution in [0.5, 0.6) is 0 Å². The molecule has 1 aliphatic rings. The number of rotatable bonds is 7. The zero-order valence-corrected chi connectivity index (χ0v) is 19.7. The Morgan fingerprint density at radius 2 is 1.82 bits per heavy atom. The third-order valence-electron chi connectivity index (χ3n) is 5.95. The smallest absolute Gasteiger partial charge is 0.259 e. The van der Waals surface area contributed by atoms with Crippen LogP contribution < -0.4 is 5.32 Å². The van der Waals surface area contributed by atoms with Gasteiger partial charge in [-0.1, -0.05) is 35.5 Å². The molecule has 174 valence electrons. The van der Waals surface area contributed by atoms with Gasteiger partial charge in [-0.25, -0.2) is 13.4 Å². The number of hydrogen-bond donors (Lipinski definition) is 1. The van der Waals surface area contributed by atoms with Gasteiger partial charge in [0.1, 0.15) is 0 Å². The van der Waals surface area contributed by atoms with Crippen molar-refractivity contribution < 1.29 is 17.7 Å². The first-order valence-electron chi connectivity index (χ1n) is 11.0. The summed E-state index contributed by atoms with van der Waals surface area (Å²) in [6.45, 7) is 2.04. The Kier molecular flexibility index (Phi) is 5.66. The third-order valence-corrected chi connectivity index (χ3v) is 7.76. The van der Waals surface area contributed by atoms with Crippen LogP contribution in [0.2, 0.25) is 0 Å². The molecule has 1 amide bonds. The van der Waals surface area contributed by atoms with Gasteiger partial charge in [-0.05, 0) is 55.7 Å². The van der Waals surface area contributed by atoms with E-state index in [1.807, 2.05) is 30.3 Å². The Morgan fingerprint density at radius 3 is 2.50 bits per heavy atom. The Hall–Kier alpha value is -3.56. The predicted molar refractivity (Wildman–Crippen MR) is 128 cm³/mol. The molecule has 1 aliphatic carbocycles. The van der Waals surface area contributed by atoms with E-state index in [2.05, 4.69) is 15.5 Å². The second kappa shape index (κ2) is 8.66. The summed E-state index contributed by atoms with van der Waals surface area (Å²) in [6, 6.07) is 17.4. The molecule has 1 N–H and O–H groups in total. The zero-order valence-electron chi connectivity index (χ0n) is 18.9. The molecular weight excluding hydrogens is 452 g/mol. The molecule has 2 aromatic carbocycles. The molecule has 0 aliphatic heterocycles. The highest BCUT2D eigenvalue weighted by atomic mass is 32.2. The fourth-order valence-electron chi connectivity index (χ4n) is 3.90. The lowest BCUT2D eigenvalue weighted by Crippen LogP contribution is -2.26. The molecule has 0 radical (unpaired) electrons. The van der Waals surface area contributed by atoms with Crippen molar-refractivity contribution in [1.82, 2.24) is 14.4 Å². The third kappa shape index (κ3) is 4.32. The zero-order chi connectivity index (χ0) is 23.9. The number of anilines is 1. The number of fused-ring (bicyclic) bond motifs is 1. The number of pyridine rings is 1. The van der Waals surface area contributed by atoms with E-state index >= 15 is 0 Å². The first-order chi connectivity index (χ1) is 16.3. The van der Waals surface area contributed by atoms with Crippen molar-refractivity contribution in [1.29, 1.82) is 0 Å². The van der Waals surface area contributed by atoms with Crippen LogP contribution in [-0.2, 0) is 16.6 Å². The normalized spacial score (nSPS) is 14.0. The minimum absolute atomic E-state index is 0.154. The maximum atomic E-state index is 13.1. The predicted octanol–water partition coefficient (Wildman–Crippen LogP) is 4.48. The highest BCUT2D eigenvalue weighted by Crippen LogP contribution is 2.40. The molecule has 2 aromatic heterocycles. The second-order valence-corrected chi connectivity index (χ2v) is 10.6. The molecule has 4 aromatic rings. The Morgan fingerprint density at radius 1 is 1.12 bits per heavy atom. The van der Waals surface area contributed by atoms with Crippen molar-refractivity contribution in [3.05, 3.63) is 83.2 Å². The summed E-state index contributed by atoms with van der Waals surface area (Å²) in [5.74, 6) is 0.0242. The molecule has 5 rings (SSSR count). The maximum absolute atomic E-state index is 13.1. The quantitative estimate of drug-likeness (QED) is 0.422. The molecular formula is C25H24N4O4S. The Bertz CT molecular complexity index is 1460. The number of aryl methyl sites for hydroxylation is 1. The minimum Gasteiger partial charge on any atom is -0.336 e. The van der Waals surface area contributed by atoms with Crippen LogP contribution in [0.3, 0.4) is 0 Å². The number of hydrogen-bond acceptors (Lipinski definition) is 6. The summed E-state index contributed by atoms with van der Waals surface area (Å²) in [7, 11) is -2.13. The summed E-state index contributed by atoms with van der Waals surface area (Å²) in [5, 5.41) is 7.41. The van der Waals surface area contributed by atoms with Crippen molar-refractivity contribution in [3.63, 3.8) is 0 Å². The number of carbonyl (C=O) groups excluding carboxylic acids is 1. The van der Waals surface area contributed by atoms with Crippen LogP contribution >= 0.6 is 0 Å². The van der Waals surface area contributed by atoms with E-state index in [9.17, 15) is 13.2 Å². The van der Waals surface area contributed by atoms with E-state index in [4.69, 9.17) is 4.52 Å². The van der Waals surface area contributed by atoms with Gasteiger partial charge in [0, 0.05) is 30.9 Å². The van der Waals surface area contributed by atoms with Crippen LogP contribution in [0.15, 0.2) is 70.1 Å². The molecule has 34 heavy (non-hydrogen) atoms. The fourth-order valence-corrected chi connectivity index (χ4v) is 5.05. The fraction of sp³-hybridized carbons (Fsp3) is 0.240. The lowest BCUT2D eigenvalue weighted by atomic mass is 10.1. The Labute approximate surface area is 197 Å². The number of nitrogens with one attached hydrogen (secondary N) is 1. The number of nitrogens with zero attached hydrogens (tertiary/aromatic N) is 3. The highest BCUT2D eigenvalue weighted by Gasteiger charge is 2.29. The molecule has 8 nitrogen and oxygen atoms in total. The summed E-state index contributed by atoms with van der Waals surface area (Å²) >= 11 is 0. The van der Waals surface area contributed by atoms with Crippen LogP contribution in [0, 0.1) is 6.92 Å². The van der Waals surface area contributed by atoms with Gasteiger partial charge in [0.2, 0.25) is 10.0 Å². The maximum Gasteiger partial charge on any atom is 0.259 e. The molecule has 0 bridgehead atoms. The largest absolute Gasteiger partial charge is 0.336 e. The van der Waals surface area contributed by atoms with Crippen LogP contribution in [0.25, 0.3) is 11.1 Å². The van der Waals surface area contributed by atoms with Gasteiger partial charge in [-0.15, -0.1) is 0 Å². The highest BCUT2D eigenvalue weighted by molar-refractivity contribution is 7.89. The SMILES string of the molecule is Cc1noc2nc(C3CC3)cc(C(=O)Nc3ccc(S(=O)(=O)N(C)Cc4ccccc4)cc3)c12. The molecule has 0 atom stereocenters. The van der Waals surface area contributed by atoms with Gasteiger partial charge in [-0.3, -0.25) is 4.79 Å². The summed E-state index contributed by atoms with van der Waals surface area (Å²) in [6.07, 6.45) is 2.09. The van der Waals surface area contributed by atoms with Crippen LogP contribution in [-0.4, -0.2) is 35.8 Å². The average Bonchev–Trinajstić information content (AvgIpc) is 3.62.